The van der Waals surface area contributed by atoms with Gasteiger partial charge in [-0.25, -0.2) is 4.39 Å². The molecule has 0 bridgehead atoms. The minimum Gasteiger partial charge on any atom is -0.404 e. The standard InChI is InChI=1S/C61H83FO4Si2/c1-46(26-24-40-60(8,9)64-45-63-11)55-38-39-56-47(27-25-41-61(55,56)10)36-37-48-42-49(65-67(58(2,3)4,50-28-16-12-17-29-50)51-30-18-13-19-31-51)43-57(54(48)44-62)66-68(59(5,6)7,52-32-20-14-21-33-52)53-34-22-15-23-35-53/h12-23,28-37,44,46,49,55-57H,24-27,38-43,45H2,1-11H3/b47-36+,48-37-,54-44-/t46-,49-,55-,56+,57+,61-/m1/s1. The Hall–Kier alpha value is -3.70. The molecule has 3 fully saturated rings. The first-order valence-electron chi connectivity index (χ1n) is 25.8. The van der Waals surface area contributed by atoms with E-state index in [0.29, 0.717) is 43.0 Å². The van der Waals surface area contributed by atoms with Gasteiger partial charge >= 0.3 is 0 Å². The minimum absolute atomic E-state index is 0.189. The lowest BCUT2D eigenvalue weighted by molar-refractivity contribution is -0.118. The summed E-state index contributed by atoms with van der Waals surface area (Å²) in [5.41, 5.74) is 3.24. The van der Waals surface area contributed by atoms with E-state index in [0.717, 1.165) is 31.2 Å². The predicted octanol–water partition coefficient (Wildman–Crippen LogP) is 13.8. The van der Waals surface area contributed by atoms with Crippen LogP contribution < -0.4 is 20.7 Å². The van der Waals surface area contributed by atoms with Crippen LogP contribution in [-0.2, 0) is 18.3 Å². The van der Waals surface area contributed by atoms with Gasteiger partial charge in [0, 0.05) is 19.1 Å². The first kappa shape index (κ1) is 52.1. The van der Waals surface area contributed by atoms with Crippen molar-refractivity contribution >= 4 is 37.4 Å². The third-order valence-corrected chi connectivity index (χ3v) is 26.6. The molecule has 7 rings (SSSR count). The number of methoxy groups -OCH3 is 1. The Labute approximate surface area is 413 Å². The molecule has 0 radical (unpaired) electrons. The fourth-order valence-electron chi connectivity index (χ4n) is 13.1. The summed E-state index contributed by atoms with van der Waals surface area (Å²) < 4.78 is 43.5. The Morgan fingerprint density at radius 3 is 1.68 bits per heavy atom. The summed E-state index contributed by atoms with van der Waals surface area (Å²) in [4.78, 5) is 0. The van der Waals surface area contributed by atoms with Crippen LogP contribution >= 0.6 is 0 Å². The van der Waals surface area contributed by atoms with E-state index in [9.17, 15) is 0 Å². The zero-order chi connectivity index (χ0) is 48.8. The maximum absolute atomic E-state index is 16.3. The third-order valence-electron chi connectivity index (χ3n) is 16.5. The monoisotopic (exact) mass is 955 g/mol. The molecule has 366 valence electrons. The molecule has 3 aliphatic rings. The van der Waals surface area contributed by atoms with Gasteiger partial charge in [0.25, 0.3) is 16.6 Å². The van der Waals surface area contributed by atoms with E-state index in [1.807, 2.05) is 0 Å². The van der Waals surface area contributed by atoms with Gasteiger partial charge in [-0.15, -0.1) is 0 Å². The lowest BCUT2D eigenvalue weighted by Crippen LogP contribution is -2.69. The molecule has 0 amide bonds. The number of ether oxygens (including phenoxy) is 2. The normalized spacial score (nSPS) is 25.2. The van der Waals surface area contributed by atoms with Crippen LogP contribution in [0.2, 0.25) is 10.1 Å². The van der Waals surface area contributed by atoms with Crippen molar-refractivity contribution < 1.29 is 22.7 Å². The first-order valence-corrected chi connectivity index (χ1v) is 29.6. The molecular formula is C61H83FO4Si2. The summed E-state index contributed by atoms with van der Waals surface area (Å²) in [6, 6.07) is 43.5. The second kappa shape index (κ2) is 21.7. The molecule has 4 aromatic rings. The van der Waals surface area contributed by atoms with Gasteiger partial charge in [-0.05, 0) is 118 Å². The van der Waals surface area contributed by atoms with Gasteiger partial charge in [-0.1, -0.05) is 207 Å². The Kier molecular flexibility index (Phi) is 16.7. The number of hydrogen-bond donors (Lipinski definition) is 0. The van der Waals surface area contributed by atoms with E-state index in [1.54, 1.807) is 7.11 Å². The van der Waals surface area contributed by atoms with E-state index < -0.39 is 22.7 Å². The highest BCUT2D eigenvalue weighted by atomic mass is 28.4. The summed E-state index contributed by atoms with van der Waals surface area (Å²) in [6.07, 6.45) is 15.4. The Balaban J connectivity index is 1.30. The van der Waals surface area contributed by atoms with Crippen molar-refractivity contribution in [1.82, 2.24) is 0 Å². The smallest absolute Gasteiger partial charge is 0.261 e. The average molecular weight is 956 g/mol. The fourth-order valence-corrected chi connectivity index (χ4v) is 22.5. The molecule has 4 aromatic carbocycles. The van der Waals surface area contributed by atoms with E-state index in [1.165, 1.54) is 58.4 Å². The Bertz CT molecular complexity index is 2230. The highest BCUT2D eigenvalue weighted by Crippen LogP contribution is 2.60. The molecule has 7 heteroatoms. The molecule has 0 saturated heterocycles. The lowest BCUT2D eigenvalue weighted by atomic mass is 9.60. The summed E-state index contributed by atoms with van der Waals surface area (Å²) in [5, 5.41) is 4.37. The Morgan fingerprint density at radius 1 is 0.706 bits per heavy atom. The van der Waals surface area contributed by atoms with E-state index in [4.69, 9.17) is 18.3 Å². The van der Waals surface area contributed by atoms with Crippen LogP contribution in [0.4, 0.5) is 4.39 Å². The van der Waals surface area contributed by atoms with Crippen molar-refractivity contribution in [2.24, 2.45) is 23.2 Å². The van der Waals surface area contributed by atoms with Crippen molar-refractivity contribution in [2.45, 2.75) is 161 Å². The summed E-state index contributed by atoms with van der Waals surface area (Å²) in [6.45, 7) is 23.8. The molecule has 3 saturated carbocycles. The molecule has 0 heterocycles. The highest BCUT2D eigenvalue weighted by Gasteiger charge is 2.56. The second-order valence-electron chi connectivity index (χ2n) is 23.4. The number of fused-ring (bicyclic) bond motifs is 1. The quantitative estimate of drug-likeness (QED) is 0.0781. The molecule has 68 heavy (non-hydrogen) atoms. The fraction of sp³-hybridized carbons (Fsp3) is 0.508. The van der Waals surface area contributed by atoms with Crippen LogP contribution in [0.25, 0.3) is 0 Å². The van der Waals surface area contributed by atoms with E-state index in [-0.39, 0.29) is 27.2 Å². The van der Waals surface area contributed by atoms with Crippen LogP contribution in [0.5, 0.6) is 0 Å². The average Bonchev–Trinajstić information content (AvgIpc) is 3.69. The summed E-state index contributed by atoms with van der Waals surface area (Å²) >= 11 is 0. The third kappa shape index (κ3) is 10.8. The van der Waals surface area contributed by atoms with E-state index in [2.05, 4.69) is 203 Å². The molecule has 0 N–H and O–H groups in total. The van der Waals surface area contributed by atoms with Crippen molar-refractivity contribution in [1.29, 1.82) is 0 Å². The zero-order valence-electron chi connectivity index (χ0n) is 43.5. The van der Waals surface area contributed by atoms with Crippen molar-refractivity contribution in [3.8, 4) is 0 Å². The predicted molar refractivity (Wildman–Crippen MR) is 288 cm³/mol. The minimum atomic E-state index is -3.11. The summed E-state index contributed by atoms with van der Waals surface area (Å²) in [5.74, 6) is 1.84. The summed E-state index contributed by atoms with van der Waals surface area (Å²) in [7, 11) is -4.41. The van der Waals surface area contributed by atoms with E-state index >= 15 is 4.39 Å². The topological polar surface area (TPSA) is 36.9 Å². The van der Waals surface area contributed by atoms with Crippen molar-refractivity contribution in [3.05, 3.63) is 157 Å². The SMILES string of the molecule is COCOC(C)(C)CCC[C@@H](C)[C@H]1CC[C@H]2/C(=C/C=C3/C[C@@H](O[Si](c4ccccc4)(c4ccccc4)C(C)(C)C)C[C@H](O[Si](c4ccccc4)(c4ccccc4)C(C)(C)C)/C3=C\F)CCC[C@]12C. The highest BCUT2D eigenvalue weighted by molar-refractivity contribution is 7.00. The number of benzene rings is 4. The van der Waals surface area contributed by atoms with Gasteiger partial charge in [0.2, 0.25) is 0 Å². The number of hydrogen-bond acceptors (Lipinski definition) is 4. The number of allylic oxidation sites excluding steroid dienone is 3. The van der Waals surface area contributed by atoms with Gasteiger partial charge in [-0.2, -0.15) is 0 Å². The largest absolute Gasteiger partial charge is 0.404 e. The molecular weight excluding hydrogens is 872 g/mol. The van der Waals surface area contributed by atoms with Crippen molar-refractivity contribution in [2.75, 3.05) is 13.9 Å². The van der Waals surface area contributed by atoms with Gasteiger partial charge in [0.05, 0.1) is 24.1 Å². The molecule has 0 aromatic heterocycles. The van der Waals surface area contributed by atoms with Crippen LogP contribution in [0.1, 0.15) is 133 Å². The maximum atomic E-state index is 16.3. The van der Waals surface area contributed by atoms with Crippen molar-refractivity contribution in [3.63, 3.8) is 0 Å². The van der Waals surface area contributed by atoms with Crippen LogP contribution in [0.3, 0.4) is 0 Å². The van der Waals surface area contributed by atoms with Gasteiger partial charge < -0.3 is 18.3 Å². The second-order valence-corrected chi connectivity index (χ2v) is 31.9. The molecule has 3 aliphatic carbocycles. The molecule has 6 atom stereocenters. The van der Waals surface area contributed by atoms with Crippen LogP contribution in [0, 0.1) is 23.2 Å². The molecule has 0 spiro atoms. The Morgan fingerprint density at radius 2 is 1.21 bits per heavy atom. The van der Waals surface area contributed by atoms with Crippen LogP contribution in [-0.4, -0.2) is 48.3 Å². The molecule has 0 unspecified atom stereocenters. The molecule has 0 aliphatic heterocycles. The number of halogens is 1. The lowest BCUT2D eigenvalue weighted by Gasteiger charge is -2.49. The maximum Gasteiger partial charge on any atom is 0.261 e. The van der Waals surface area contributed by atoms with Gasteiger partial charge in [-0.3, -0.25) is 0 Å². The first-order chi connectivity index (χ1) is 32.4. The number of rotatable bonds is 17. The molecule has 4 nitrogen and oxygen atoms in total. The van der Waals surface area contributed by atoms with Crippen LogP contribution in [0.15, 0.2) is 157 Å². The zero-order valence-corrected chi connectivity index (χ0v) is 45.5. The van der Waals surface area contributed by atoms with Gasteiger partial charge in [0.1, 0.15) is 6.79 Å². The van der Waals surface area contributed by atoms with Gasteiger partial charge in [0.15, 0.2) is 0 Å².